The van der Waals surface area contributed by atoms with E-state index in [2.05, 4.69) is 5.32 Å². The van der Waals surface area contributed by atoms with Gasteiger partial charge in [-0.2, -0.15) is 0 Å². The van der Waals surface area contributed by atoms with Crippen molar-refractivity contribution in [3.8, 4) is 0 Å². The minimum atomic E-state index is -3.23. The molecule has 4 N–H and O–H groups in total. The number of para-hydroxylation sites is 3. The second-order valence-corrected chi connectivity index (χ2v) is 8.50. The van der Waals surface area contributed by atoms with Crippen LogP contribution in [0.1, 0.15) is 20.3 Å². The van der Waals surface area contributed by atoms with Crippen molar-refractivity contribution in [1.29, 1.82) is 0 Å². The number of fused-ring (bicyclic) bond motifs is 1. The molecule has 0 bridgehead atoms. The predicted molar refractivity (Wildman–Crippen MR) is 109 cm³/mol. The minimum Gasteiger partial charge on any atom is -0.392 e. The molecular weight excluding hydrogens is 350 g/mol. The van der Waals surface area contributed by atoms with Crippen molar-refractivity contribution >= 4 is 28.0 Å². The normalized spacial score (nSPS) is 18.1. The summed E-state index contributed by atoms with van der Waals surface area (Å²) in [6.07, 6.45) is -0.113. The highest BCUT2D eigenvalue weighted by Crippen LogP contribution is 2.63. The standard InChI is InChI=1S/C19H27N3O3S/c1-15(2)20-14-17(23)12-13-21-18-10-6-7-11-19(18)22(26(21,24)25)16-8-4-3-5-9-16/h3-11,15,17,20,23-25H,12-14H2,1-2H3/t17-/m0/s1. The number of hydrogen-bond acceptors (Lipinski definition) is 6. The van der Waals surface area contributed by atoms with Crippen molar-refractivity contribution in [3.05, 3.63) is 54.6 Å². The topological polar surface area (TPSA) is 79.2 Å². The summed E-state index contributed by atoms with van der Waals surface area (Å²) in [4.78, 5) is 0. The van der Waals surface area contributed by atoms with E-state index in [1.165, 1.54) is 0 Å². The van der Waals surface area contributed by atoms with Crippen LogP contribution in [0.2, 0.25) is 0 Å². The summed E-state index contributed by atoms with van der Waals surface area (Å²) in [6.45, 7) is 4.88. The summed E-state index contributed by atoms with van der Waals surface area (Å²) in [5.41, 5.74) is 2.25. The SMILES string of the molecule is CC(C)NC[C@@H](O)CCN1c2ccccc2N(c2ccccc2)S1(O)O. The van der Waals surface area contributed by atoms with Gasteiger partial charge in [0.1, 0.15) is 0 Å². The Morgan fingerprint density at radius 3 is 2.23 bits per heavy atom. The van der Waals surface area contributed by atoms with Crippen molar-refractivity contribution in [2.24, 2.45) is 0 Å². The highest BCUT2D eigenvalue weighted by molar-refractivity contribution is 8.27. The molecule has 0 saturated heterocycles. The number of aliphatic hydroxyl groups excluding tert-OH is 1. The van der Waals surface area contributed by atoms with Crippen molar-refractivity contribution < 1.29 is 14.2 Å². The molecular formula is C19H27N3O3S. The molecule has 0 aliphatic carbocycles. The molecule has 0 unspecified atom stereocenters. The molecule has 0 amide bonds. The van der Waals surface area contributed by atoms with Gasteiger partial charge in [0.25, 0.3) is 0 Å². The van der Waals surface area contributed by atoms with Crippen LogP contribution in [0.15, 0.2) is 54.6 Å². The summed E-state index contributed by atoms with van der Waals surface area (Å²) < 4.78 is 25.2. The fraction of sp³-hybridized carbons (Fsp3) is 0.368. The van der Waals surface area contributed by atoms with E-state index in [0.717, 1.165) is 17.1 Å². The molecule has 1 aliphatic heterocycles. The molecule has 26 heavy (non-hydrogen) atoms. The van der Waals surface area contributed by atoms with Gasteiger partial charge < -0.3 is 10.4 Å². The van der Waals surface area contributed by atoms with Gasteiger partial charge in [0, 0.05) is 19.1 Å². The summed E-state index contributed by atoms with van der Waals surface area (Å²) in [5.74, 6) is 0. The van der Waals surface area contributed by atoms with Crippen LogP contribution in [-0.4, -0.2) is 39.4 Å². The first-order valence-electron chi connectivity index (χ1n) is 8.83. The lowest BCUT2D eigenvalue weighted by atomic mass is 10.2. The maximum Gasteiger partial charge on any atom is 0.0896 e. The highest BCUT2D eigenvalue weighted by Gasteiger charge is 2.41. The van der Waals surface area contributed by atoms with Gasteiger partial charge in [-0.05, 0) is 41.6 Å². The molecule has 2 aromatic rings. The first-order valence-corrected chi connectivity index (χ1v) is 10.3. The van der Waals surface area contributed by atoms with E-state index in [4.69, 9.17) is 0 Å². The lowest BCUT2D eigenvalue weighted by molar-refractivity contribution is 0.161. The highest BCUT2D eigenvalue weighted by atomic mass is 32.3. The van der Waals surface area contributed by atoms with E-state index in [-0.39, 0.29) is 0 Å². The van der Waals surface area contributed by atoms with E-state index in [0.29, 0.717) is 25.6 Å². The summed E-state index contributed by atoms with van der Waals surface area (Å²) in [6, 6.07) is 17.2. The van der Waals surface area contributed by atoms with Gasteiger partial charge in [-0.15, -0.1) is 0 Å². The van der Waals surface area contributed by atoms with E-state index < -0.39 is 17.1 Å². The number of anilines is 3. The Labute approximate surface area is 156 Å². The van der Waals surface area contributed by atoms with Crippen molar-refractivity contribution in [2.75, 3.05) is 21.7 Å². The van der Waals surface area contributed by atoms with Crippen molar-refractivity contribution in [2.45, 2.75) is 32.4 Å². The lowest BCUT2D eigenvalue weighted by Gasteiger charge is -2.44. The van der Waals surface area contributed by atoms with Crippen LogP contribution in [0.25, 0.3) is 0 Å². The van der Waals surface area contributed by atoms with Crippen molar-refractivity contribution in [1.82, 2.24) is 5.32 Å². The largest absolute Gasteiger partial charge is 0.392 e. The predicted octanol–water partition coefficient (Wildman–Crippen LogP) is 3.97. The Hall–Kier alpha value is -1.77. The minimum absolute atomic E-state index is 0.297. The summed E-state index contributed by atoms with van der Waals surface area (Å²) >= 11 is 0. The monoisotopic (exact) mass is 377 g/mol. The Morgan fingerprint density at radius 1 is 0.962 bits per heavy atom. The lowest BCUT2D eigenvalue weighted by Crippen LogP contribution is -2.36. The Morgan fingerprint density at radius 2 is 1.58 bits per heavy atom. The zero-order valence-corrected chi connectivity index (χ0v) is 15.9. The van der Waals surface area contributed by atoms with Gasteiger partial charge in [-0.25, -0.2) is 4.31 Å². The fourth-order valence-electron chi connectivity index (χ4n) is 3.04. The molecule has 0 radical (unpaired) electrons. The van der Waals surface area contributed by atoms with Crippen LogP contribution in [-0.2, 0) is 0 Å². The van der Waals surface area contributed by atoms with Gasteiger partial charge in [0.05, 0.1) is 23.2 Å². The van der Waals surface area contributed by atoms with E-state index in [9.17, 15) is 14.2 Å². The van der Waals surface area contributed by atoms with E-state index >= 15 is 0 Å². The maximum atomic E-state index is 11.0. The molecule has 0 fully saturated rings. The second-order valence-electron chi connectivity index (χ2n) is 6.72. The van der Waals surface area contributed by atoms with Gasteiger partial charge >= 0.3 is 0 Å². The second kappa shape index (κ2) is 7.85. The molecule has 0 spiro atoms. The third-order valence-corrected chi connectivity index (χ3v) is 6.20. The van der Waals surface area contributed by atoms with Gasteiger partial charge in [0.15, 0.2) is 0 Å². The number of nitrogens with one attached hydrogen (secondary N) is 1. The van der Waals surface area contributed by atoms with Gasteiger partial charge in [-0.1, -0.05) is 44.2 Å². The van der Waals surface area contributed by atoms with Gasteiger partial charge in [-0.3, -0.25) is 13.4 Å². The first-order chi connectivity index (χ1) is 12.4. The maximum absolute atomic E-state index is 11.0. The number of nitrogens with zero attached hydrogens (tertiary/aromatic N) is 2. The average Bonchev–Trinajstić information content (AvgIpc) is 2.84. The van der Waals surface area contributed by atoms with Crippen LogP contribution in [0, 0.1) is 0 Å². The number of aliphatic hydroxyl groups is 1. The first kappa shape index (κ1) is 19.0. The third-order valence-electron chi connectivity index (χ3n) is 4.33. The Balaban J connectivity index is 1.82. The number of rotatable bonds is 7. The molecule has 7 heteroatoms. The molecule has 3 rings (SSSR count). The Kier molecular flexibility index (Phi) is 5.74. The molecule has 1 aliphatic rings. The number of benzene rings is 2. The average molecular weight is 378 g/mol. The fourth-order valence-corrected chi connectivity index (χ4v) is 4.82. The van der Waals surface area contributed by atoms with Crippen LogP contribution in [0.3, 0.4) is 0 Å². The van der Waals surface area contributed by atoms with Crippen LogP contribution in [0.4, 0.5) is 17.1 Å². The smallest absolute Gasteiger partial charge is 0.0896 e. The molecule has 142 valence electrons. The van der Waals surface area contributed by atoms with Crippen LogP contribution < -0.4 is 13.9 Å². The number of hydrogen-bond donors (Lipinski definition) is 4. The molecule has 0 saturated carbocycles. The third kappa shape index (κ3) is 3.82. The zero-order chi connectivity index (χ0) is 18.7. The van der Waals surface area contributed by atoms with E-state index in [1.54, 1.807) is 8.61 Å². The quantitative estimate of drug-likeness (QED) is 0.585. The molecule has 6 nitrogen and oxygen atoms in total. The summed E-state index contributed by atoms with van der Waals surface area (Å²) in [7, 11) is -3.23. The Bertz CT molecular complexity index is 727. The zero-order valence-electron chi connectivity index (χ0n) is 15.1. The van der Waals surface area contributed by atoms with Crippen molar-refractivity contribution in [3.63, 3.8) is 0 Å². The molecule has 1 heterocycles. The molecule has 1 atom stereocenters. The molecule has 2 aromatic carbocycles. The van der Waals surface area contributed by atoms with Crippen LogP contribution in [0.5, 0.6) is 0 Å². The van der Waals surface area contributed by atoms with E-state index in [1.807, 2.05) is 68.4 Å². The van der Waals surface area contributed by atoms with Gasteiger partial charge in [0.2, 0.25) is 0 Å². The van der Waals surface area contributed by atoms with Crippen LogP contribution >= 0.6 is 11.0 Å². The molecule has 0 aromatic heterocycles. The summed E-state index contributed by atoms with van der Waals surface area (Å²) in [5, 5.41) is 13.4.